The van der Waals surface area contributed by atoms with Gasteiger partial charge in [-0.15, -0.1) is 0 Å². The Balaban J connectivity index is 2.82. The van der Waals surface area contributed by atoms with Crippen LogP contribution in [-0.4, -0.2) is 31.5 Å². The molecule has 0 saturated carbocycles. The molecule has 1 aromatic rings. The first-order chi connectivity index (χ1) is 9.39. The summed E-state index contributed by atoms with van der Waals surface area (Å²) in [5.41, 5.74) is 5.03. The van der Waals surface area contributed by atoms with Gasteiger partial charge in [0.25, 0.3) is 11.8 Å². The molecule has 0 unspecified atom stereocenters. The van der Waals surface area contributed by atoms with E-state index >= 15 is 0 Å². The van der Waals surface area contributed by atoms with Gasteiger partial charge in [0.15, 0.2) is 0 Å². The Bertz CT molecular complexity index is 470. The molecule has 0 aromatic heterocycles. The van der Waals surface area contributed by atoms with E-state index in [4.69, 9.17) is 22.1 Å². The van der Waals surface area contributed by atoms with Crippen molar-refractivity contribution in [1.82, 2.24) is 5.32 Å². The lowest BCUT2D eigenvalue weighted by molar-refractivity contribution is 0.0118. The summed E-state index contributed by atoms with van der Waals surface area (Å²) in [4.78, 5) is 11.9. The fourth-order valence-corrected chi connectivity index (χ4v) is 1.57. The number of rotatable bonds is 7. The SMILES string of the molecule is CCCOc1ccc(Cl)cc1C(=O)NCC(F)(F)CN. The smallest absolute Gasteiger partial charge is 0.277 e. The van der Waals surface area contributed by atoms with E-state index in [1.165, 1.54) is 12.1 Å². The maximum atomic E-state index is 13.0. The molecule has 0 bridgehead atoms. The van der Waals surface area contributed by atoms with Crippen molar-refractivity contribution in [2.24, 2.45) is 5.73 Å². The van der Waals surface area contributed by atoms with Gasteiger partial charge in [-0.1, -0.05) is 18.5 Å². The number of alkyl halides is 2. The van der Waals surface area contributed by atoms with E-state index in [1.807, 2.05) is 6.92 Å². The molecule has 0 aliphatic heterocycles. The lowest BCUT2D eigenvalue weighted by Gasteiger charge is -2.16. The van der Waals surface area contributed by atoms with Crippen LogP contribution >= 0.6 is 11.6 Å². The molecule has 0 atom stereocenters. The minimum absolute atomic E-state index is 0.124. The Morgan fingerprint density at radius 1 is 1.50 bits per heavy atom. The normalized spacial score (nSPS) is 11.2. The first-order valence-corrected chi connectivity index (χ1v) is 6.56. The van der Waals surface area contributed by atoms with Gasteiger partial charge in [-0.25, -0.2) is 8.78 Å². The minimum Gasteiger partial charge on any atom is -0.493 e. The highest BCUT2D eigenvalue weighted by Crippen LogP contribution is 2.23. The number of nitrogens with one attached hydrogen (secondary N) is 1. The van der Waals surface area contributed by atoms with Gasteiger partial charge in [-0.2, -0.15) is 0 Å². The van der Waals surface area contributed by atoms with Crippen LogP contribution in [-0.2, 0) is 0 Å². The highest BCUT2D eigenvalue weighted by atomic mass is 35.5. The van der Waals surface area contributed by atoms with Gasteiger partial charge >= 0.3 is 0 Å². The van der Waals surface area contributed by atoms with Crippen molar-refractivity contribution in [3.05, 3.63) is 28.8 Å². The maximum absolute atomic E-state index is 13.0. The molecule has 0 aliphatic rings. The summed E-state index contributed by atoms with van der Waals surface area (Å²) in [5.74, 6) is -3.50. The lowest BCUT2D eigenvalue weighted by atomic mass is 10.2. The van der Waals surface area contributed by atoms with Gasteiger partial charge in [0.1, 0.15) is 5.75 Å². The average Bonchev–Trinajstić information content (AvgIpc) is 2.43. The zero-order valence-electron chi connectivity index (χ0n) is 11.1. The molecule has 0 fully saturated rings. The monoisotopic (exact) mass is 306 g/mol. The molecule has 0 aliphatic carbocycles. The second kappa shape index (κ2) is 7.40. The molecule has 1 aromatic carbocycles. The summed E-state index contributed by atoms with van der Waals surface area (Å²) >= 11 is 5.81. The van der Waals surface area contributed by atoms with Crippen LogP contribution in [0.5, 0.6) is 5.75 Å². The number of ether oxygens (including phenoxy) is 1. The Morgan fingerprint density at radius 2 is 2.20 bits per heavy atom. The number of halogens is 3. The average molecular weight is 307 g/mol. The van der Waals surface area contributed by atoms with Crippen molar-refractivity contribution in [3.63, 3.8) is 0 Å². The number of amides is 1. The van der Waals surface area contributed by atoms with Gasteiger partial charge in [-0.3, -0.25) is 4.79 Å². The lowest BCUT2D eigenvalue weighted by Crippen LogP contribution is -2.41. The standard InChI is InChI=1S/C13H17ClF2N2O2/c1-2-5-20-11-4-3-9(14)6-10(11)12(19)18-8-13(15,16)7-17/h3-4,6H,2,5,7-8,17H2,1H3,(H,18,19). The molecule has 112 valence electrons. The molecular weight excluding hydrogens is 290 g/mol. The van der Waals surface area contributed by atoms with Gasteiger partial charge < -0.3 is 15.8 Å². The van der Waals surface area contributed by atoms with E-state index in [1.54, 1.807) is 6.07 Å². The zero-order chi connectivity index (χ0) is 15.2. The number of carbonyl (C=O) groups excluding carboxylic acids is 1. The van der Waals surface area contributed by atoms with Crippen molar-refractivity contribution >= 4 is 17.5 Å². The van der Waals surface area contributed by atoms with E-state index in [2.05, 4.69) is 5.32 Å². The van der Waals surface area contributed by atoms with E-state index < -0.39 is 24.9 Å². The quantitative estimate of drug-likeness (QED) is 0.813. The summed E-state index contributed by atoms with van der Waals surface area (Å²) in [6.45, 7) is 0.669. The van der Waals surface area contributed by atoms with E-state index in [-0.39, 0.29) is 5.56 Å². The van der Waals surface area contributed by atoms with Crippen LogP contribution in [0.25, 0.3) is 0 Å². The second-order valence-corrected chi connectivity index (χ2v) is 4.67. The van der Waals surface area contributed by atoms with E-state index in [9.17, 15) is 13.6 Å². The van der Waals surface area contributed by atoms with E-state index in [0.717, 1.165) is 6.42 Å². The highest BCUT2D eigenvalue weighted by Gasteiger charge is 2.28. The van der Waals surface area contributed by atoms with Crippen molar-refractivity contribution < 1.29 is 18.3 Å². The molecule has 3 N–H and O–H groups in total. The predicted octanol–water partition coefficient (Wildman–Crippen LogP) is 2.45. The summed E-state index contributed by atoms with van der Waals surface area (Å²) in [5, 5.41) is 2.45. The molecule has 0 heterocycles. The number of benzene rings is 1. The van der Waals surface area contributed by atoms with Crippen LogP contribution in [0.1, 0.15) is 23.7 Å². The molecule has 4 nitrogen and oxygen atoms in total. The first-order valence-electron chi connectivity index (χ1n) is 6.18. The van der Waals surface area contributed by atoms with Crippen LogP contribution in [0, 0.1) is 0 Å². The third-order valence-corrected chi connectivity index (χ3v) is 2.69. The van der Waals surface area contributed by atoms with Crippen molar-refractivity contribution in [3.8, 4) is 5.75 Å². The Kier molecular flexibility index (Phi) is 6.16. The number of hydrogen-bond acceptors (Lipinski definition) is 3. The number of nitrogens with two attached hydrogens (primary N) is 1. The third kappa shape index (κ3) is 4.94. The molecule has 20 heavy (non-hydrogen) atoms. The third-order valence-electron chi connectivity index (χ3n) is 2.45. The predicted molar refractivity (Wildman–Crippen MR) is 73.6 cm³/mol. The van der Waals surface area contributed by atoms with Crippen molar-refractivity contribution in [2.45, 2.75) is 19.3 Å². The number of carbonyl (C=O) groups is 1. The Hall–Kier alpha value is -1.40. The fraction of sp³-hybridized carbons (Fsp3) is 0.462. The Morgan fingerprint density at radius 3 is 2.80 bits per heavy atom. The van der Waals surface area contributed by atoms with Crippen LogP contribution in [0.2, 0.25) is 5.02 Å². The molecule has 0 saturated heterocycles. The summed E-state index contributed by atoms with van der Waals surface area (Å²) in [7, 11) is 0. The number of hydrogen-bond donors (Lipinski definition) is 2. The van der Waals surface area contributed by atoms with Gasteiger partial charge in [0.2, 0.25) is 0 Å². The summed E-state index contributed by atoms with van der Waals surface area (Å²) in [6, 6.07) is 4.48. The van der Waals surface area contributed by atoms with Crippen LogP contribution in [0.3, 0.4) is 0 Å². The van der Waals surface area contributed by atoms with Crippen LogP contribution in [0.4, 0.5) is 8.78 Å². The van der Waals surface area contributed by atoms with Crippen molar-refractivity contribution in [2.75, 3.05) is 19.7 Å². The molecule has 1 rings (SSSR count). The zero-order valence-corrected chi connectivity index (χ0v) is 11.8. The Labute approximate surface area is 121 Å². The summed E-state index contributed by atoms with van der Waals surface area (Å²) in [6.07, 6.45) is 0.759. The van der Waals surface area contributed by atoms with Gasteiger partial charge in [-0.05, 0) is 24.6 Å². The maximum Gasteiger partial charge on any atom is 0.277 e. The summed E-state index contributed by atoms with van der Waals surface area (Å²) < 4.78 is 31.4. The van der Waals surface area contributed by atoms with Crippen molar-refractivity contribution in [1.29, 1.82) is 0 Å². The highest BCUT2D eigenvalue weighted by molar-refractivity contribution is 6.31. The van der Waals surface area contributed by atoms with Crippen LogP contribution < -0.4 is 15.8 Å². The largest absolute Gasteiger partial charge is 0.493 e. The van der Waals surface area contributed by atoms with Gasteiger partial charge in [0, 0.05) is 5.02 Å². The first kappa shape index (κ1) is 16.7. The minimum atomic E-state index is -3.14. The molecule has 7 heteroatoms. The topological polar surface area (TPSA) is 64.3 Å². The molecule has 1 amide bonds. The molecule has 0 radical (unpaired) electrons. The second-order valence-electron chi connectivity index (χ2n) is 4.23. The molecular formula is C13H17ClF2N2O2. The van der Waals surface area contributed by atoms with Gasteiger partial charge in [0.05, 0.1) is 25.3 Å². The fourth-order valence-electron chi connectivity index (χ4n) is 1.39. The molecule has 0 spiro atoms. The van der Waals surface area contributed by atoms with E-state index in [0.29, 0.717) is 17.4 Å². The van der Waals surface area contributed by atoms with Crippen LogP contribution in [0.15, 0.2) is 18.2 Å².